The van der Waals surface area contributed by atoms with E-state index in [1.807, 2.05) is 18.3 Å². The van der Waals surface area contributed by atoms with Gasteiger partial charge in [-0.2, -0.15) is 0 Å². The first kappa shape index (κ1) is 16.3. The van der Waals surface area contributed by atoms with E-state index in [0.717, 1.165) is 58.3 Å². The van der Waals surface area contributed by atoms with Crippen molar-refractivity contribution in [3.8, 4) is 5.75 Å². The number of piperazine rings is 1. The molecule has 0 amide bonds. The normalized spacial score (nSPS) is 14.9. The smallest absolute Gasteiger partial charge is 0.142 e. The number of benzene rings is 2. The highest BCUT2D eigenvalue weighted by molar-refractivity contribution is 7.99. The number of aromatic amines is 1. The summed E-state index contributed by atoms with van der Waals surface area (Å²) in [5.74, 6) is 0.668. The third kappa shape index (κ3) is 3.32. The van der Waals surface area contributed by atoms with Gasteiger partial charge in [-0.05, 0) is 36.4 Å². The predicted octanol–water partition coefficient (Wildman–Crippen LogP) is 3.88. The highest BCUT2D eigenvalue weighted by Crippen LogP contribution is 2.38. The first-order valence-electron chi connectivity index (χ1n) is 8.33. The fourth-order valence-corrected chi connectivity index (χ4v) is 4.12. The van der Waals surface area contributed by atoms with E-state index in [0.29, 0.717) is 0 Å². The van der Waals surface area contributed by atoms with Crippen molar-refractivity contribution < 1.29 is 9.13 Å². The number of aromatic nitrogens is 1. The fraction of sp³-hybridized carbons (Fsp3) is 0.263. The molecule has 1 aliphatic rings. The van der Waals surface area contributed by atoms with E-state index in [1.54, 1.807) is 31.0 Å². The first-order valence-corrected chi connectivity index (χ1v) is 9.14. The lowest BCUT2D eigenvalue weighted by Gasteiger charge is -2.30. The average Bonchev–Trinajstić information content (AvgIpc) is 3.04. The van der Waals surface area contributed by atoms with Crippen molar-refractivity contribution in [2.24, 2.45) is 0 Å². The average molecular weight is 357 g/mol. The lowest BCUT2D eigenvalue weighted by atomic mass is 10.2. The van der Waals surface area contributed by atoms with Gasteiger partial charge in [-0.15, -0.1) is 0 Å². The number of hydrogen-bond acceptors (Lipinski definition) is 4. The summed E-state index contributed by atoms with van der Waals surface area (Å²) in [5.41, 5.74) is 2.06. The maximum atomic E-state index is 13.6. The molecule has 2 aromatic carbocycles. The quantitative estimate of drug-likeness (QED) is 0.744. The third-order valence-corrected chi connectivity index (χ3v) is 5.49. The van der Waals surface area contributed by atoms with Gasteiger partial charge in [0.25, 0.3) is 0 Å². The fourth-order valence-electron chi connectivity index (χ4n) is 3.16. The Bertz CT molecular complexity index is 890. The molecule has 0 radical (unpaired) electrons. The molecule has 0 spiro atoms. The molecule has 0 saturated carbocycles. The maximum absolute atomic E-state index is 13.6. The van der Waals surface area contributed by atoms with Crippen molar-refractivity contribution in [1.29, 1.82) is 0 Å². The number of ether oxygens (including phenoxy) is 1. The topological polar surface area (TPSA) is 40.3 Å². The van der Waals surface area contributed by atoms with Crippen LogP contribution < -0.4 is 15.0 Å². The van der Waals surface area contributed by atoms with Crippen molar-refractivity contribution in [3.63, 3.8) is 0 Å². The van der Waals surface area contributed by atoms with Crippen molar-refractivity contribution in [2.45, 2.75) is 9.79 Å². The Balaban J connectivity index is 1.66. The second kappa shape index (κ2) is 6.98. The molecule has 1 saturated heterocycles. The molecule has 2 N–H and O–H groups in total. The van der Waals surface area contributed by atoms with E-state index in [1.165, 1.54) is 6.07 Å². The molecule has 0 aliphatic carbocycles. The Kier molecular flexibility index (Phi) is 4.55. The largest absolute Gasteiger partial charge is 0.495 e. The summed E-state index contributed by atoms with van der Waals surface area (Å²) in [6, 6.07) is 11.0. The van der Waals surface area contributed by atoms with Crippen LogP contribution >= 0.6 is 11.8 Å². The van der Waals surface area contributed by atoms with Crippen molar-refractivity contribution in [2.75, 3.05) is 38.2 Å². The van der Waals surface area contributed by atoms with Gasteiger partial charge in [-0.25, -0.2) is 4.39 Å². The molecule has 1 aromatic heterocycles. The minimum absolute atomic E-state index is 0.217. The molecule has 1 aliphatic heterocycles. The Hall–Kier alpha value is -2.18. The van der Waals surface area contributed by atoms with Crippen LogP contribution in [0.25, 0.3) is 10.9 Å². The Morgan fingerprint density at radius 2 is 1.96 bits per heavy atom. The van der Waals surface area contributed by atoms with Gasteiger partial charge in [-0.3, -0.25) is 0 Å². The molecule has 1 fully saturated rings. The zero-order chi connectivity index (χ0) is 17.2. The molecule has 0 unspecified atom stereocenters. The van der Waals surface area contributed by atoms with E-state index >= 15 is 0 Å². The summed E-state index contributed by atoms with van der Waals surface area (Å²) >= 11 is 1.63. The molecular weight excluding hydrogens is 337 g/mol. The first-order chi connectivity index (χ1) is 12.2. The highest BCUT2D eigenvalue weighted by Gasteiger charge is 2.16. The van der Waals surface area contributed by atoms with Gasteiger partial charge in [0.05, 0.1) is 12.8 Å². The molecular formula is C19H20FN3OS. The van der Waals surface area contributed by atoms with Crippen molar-refractivity contribution in [3.05, 3.63) is 48.4 Å². The van der Waals surface area contributed by atoms with Crippen LogP contribution in [-0.2, 0) is 0 Å². The van der Waals surface area contributed by atoms with Crippen LogP contribution in [0.1, 0.15) is 0 Å². The Morgan fingerprint density at radius 1 is 1.12 bits per heavy atom. The number of anilines is 1. The molecule has 6 heteroatoms. The lowest BCUT2D eigenvalue weighted by molar-refractivity contribution is 0.412. The summed E-state index contributed by atoms with van der Waals surface area (Å²) in [6.07, 6.45) is 1.93. The molecule has 0 bridgehead atoms. The van der Waals surface area contributed by atoms with Crippen LogP contribution in [0.3, 0.4) is 0 Å². The number of rotatable bonds is 4. The number of fused-ring (bicyclic) bond motifs is 1. The summed E-state index contributed by atoms with van der Waals surface area (Å²) in [6.45, 7) is 3.87. The van der Waals surface area contributed by atoms with Crippen LogP contribution in [-0.4, -0.2) is 38.3 Å². The summed E-state index contributed by atoms with van der Waals surface area (Å²) in [7, 11) is 1.70. The highest BCUT2D eigenvalue weighted by atomic mass is 32.2. The number of methoxy groups -OCH3 is 1. The van der Waals surface area contributed by atoms with Gasteiger partial charge in [0.15, 0.2) is 0 Å². The van der Waals surface area contributed by atoms with E-state index in [-0.39, 0.29) is 5.82 Å². The summed E-state index contributed by atoms with van der Waals surface area (Å²) in [4.78, 5) is 7.68. The number of nitrogens with zero attached hydrogens (tertiary/aromatic N) is 1. The van der Waals surface area contributed by atoms with Gasteiger partial charge in [0, 0.05) is 53.1 Å². The molecule has 2 heterocycles. The molecule has 3 aromatic rings. The summed E-state index contributed by atoms with van der Waals surface area (Å²) in [5, 5.41) is 4.28. The molecule has 25 heavy (non-hydrogen) atoms. The van der Waals surface area contributed by atoms with Gasteiger partial charge < -0.3 is 19.9 Å². The van der Waals surface area contributed by atoms with E-state index in [4.69, 9.17) is 4.74 Å². The van der Waals surface area contributed by atoms with Crippen LogP contribution in [0.5, 0.6) is 5.75 Å². The zero-order valence-corrected chi connectivity index (χ0v) is 14.8. The molecule has 4 nitrogen and oxygen atoms in total. The van der Waals surface area contributed by atoms with Crippen LogP contribution in [0, 0.1) is 5.82 Å². The maximum Gasteiger partial charge on any atom is 0.142 e. The molecule has 0 atom stereocenters. The monoisotopic (exact) mass is 357 g/mol. The Morgan fingerprint density at radius 3 is 2.76 bits per heavy atom. The van der Waals surface area contributed by atoms with Gasteiger partial charge in [-0.1, -0.05) is 11.8 Å². The van der Waals surface area contributed by atoms with Crippen molar-refractivity contribution >= 4 is 28.4 Å². The number of halogens is 1. The van der Waals surface area contributed by atoms with Crippen LogP contribution in [0.2, 0.25) is 0 Å². The standard InChI is InChI=1S/C19H20FN3OS/c1-24-18-5-3-14(11-17(18)23-8-6-21-7-9-23)25-19-12-22-16-4-2-13(20)10-15(16)19/h2-5,10-12,21-22H,6-9H2,1H3. The SMILES string of the molecule is COc1ccc(Sc2c[nH]c3ccc(F)cc23)cc1N1CCNCC1. The predicted molar refractivity (Wildman–Crippen MR) is 100 cm³/mol. The second-order valence-electron chi connectivity index (χ2n) is 6.02. The summed E-state index contributed by atoms with van der Waals surface area (Å²) < 4.78 is 19.1. The minimum Gasteiger partial charge on any atom is -0.495 e. The van der Waals surface area contributed by atoms with Gasteiger partial charge in [0.2, 0.25) is 0 Å². The van der Waals surface area contributed by atoms with Crippen LogP contribution in [0.15, 0.2) is 52.4 Å². The van der Waals surface area contributed by atoms with Gasteiger partial charge >= 0.3 is 0 Å². The Labute approximate surface area is 150 Å². The van der Waals surface area contributed by atoms with Crippen LogP contribution in [0.4, 0.5) is 10.1 Å². The number of hydrogen-bond donors (Lipinski definition) is 2. The zero-order valence-electron chi connectivity index (χ0n) is 14.0. The lowest BCUT2D eigenvalue weighted by Crippen LogP contribution is -2.43. The second-order valence-corrected chi connectivity index (χ2v) is 7.13. The molecule has 130 valence electrons. The minimum atomic E-state index is -0.217. The van der Waals surface area contributed by atoms with E-state index < -0.39 is 0 Å². The number of nitrogens with one attached hydrogen (secondary N) is 2. The number of H-pyrrole nitrogens is 1. The van der Waals surface area contributed by atoms with Crippen molar-refractivity contribution in [1.82, 2.24) is 10.3 Å². The van der Waals surface area contributed by atoms with Gasteiger partial charge in [0.1, 0.15) is 11.6 Å². The van der Waals surface area contributed by atoms with E-state index in [2.05, 4.69) is 21.3 Å². The van der Waals surface area contributed by atoms with E-state index in [9.17, 15) is 4.39 Å². The third-order valence-electron chi connectivity index (χ3n) is 4.44. The molecule has 4 rings (SSSR count).